The van der Waals surface area contributed by atoms with Crippen LogP contribution in [0.25, 0.3) is 15.5 Å². The molecule has 0 fully saturated rings. The fraction of sp³-hybridized carbons (Fsp3) is 0.438. The van der Waals surface area contributed by atoms with Gasteiger partial charge in [-0.1, -0.05) is 37.3 Å². The van der Waals surface area contributed by atoms with E-state index in [1.807, 2.05) is 35.7 Å². The van der Waals surface area contributed by atoms with Crippen LogP contribution >= 0.6 is 11.3 Å². The van der Waals surface area contributed by atoms with Gasteiger partial charge in [0, 0.05) is 5.56 Å². The fourth-order valence-corrected chi connectivity index (χ4v) is 3.26. The van der Waals surface area contributed by atoms with Crippen molar-refractivity contribution in [2.24, 2.45) is 0 Å². The highest BCUT2D eigenvalue weighted by molar-refractivity contribution is 7.19. The SMILES string of the molecule is CCOc1cccc(-c2nn3c(CN(CC)CC)nnc3s2)c1. The fourth-order valence-electron chi connectivity index (χ4n) is 2.41. The van der Waals surface area contributed by atoms with Crippen LogP contribution in [0.1, 0.15) is 26.6 Å². The zero-order valence-corrected chi connectivity index (χ0v) is 14.5. The van der Waals surface area contributed by atoms with Gasteiger partial charge in [-0.2, -0.15) is 9.61 Å². The summed E-state index contributed by atoms with van der Waals surface area (Å²) < 4.78 is 7.42. The summed E-state index contributed by atoms with van der Waals surface area (Å²) in [6, 6.07) is 8.00. The van der Waals surface area contributed by atoms with E-state index in [1.165, 1.54) is 0 Å². The molecular weight excluding hydrogens is 310 g/mol. The van der Waals surface area contributed by atoms with Gasteiger partial charge >= 0.3 is 0 Å². The lowest BCUT2D eigenvalue weighted by atomic mass is 10.2. The lowest BCUT2D eigenvalue weighted by molar-refractivity contribution is 0.286. The Kier molecular flexibility index (Phi) is 4.88. The van der Waals surface area contributed by atoms with Gasteiger partial charge in [-0.3, -0.25) is 4.90 Å². The third-order valence-electron chi connectivity index (χ3n) is 3.71. The molecule has 0 N–H and O–H groups in total. The van der Waals surface area contributed by atoms with Crippen LogP contribution in [0.4, 0.5) is 0 Å². The lowest BCUT2D eigenvalue weighted by Crippen LogP contribution is -2.23. The van der Waals surface area contributed by atoms with E-state index in [9.17, 15) is 0 Å². The van der Waals surface area contributed by atoms with Gasteiger partial charge in [0.15, 0.2) is 5.82 Å². The number of ether oxygens (including phenoxy) is 1. The highest BCUT2D eigenvalue weighted by Crippen LogP contribution is 2.28. The quantitative estimate of drug-likeness (QED) is 0.666. The van der Waals surface area contributed by atoms with Crippen LogP contribution in [-0.4, -0.2) is 44.4 Å². The van der Waals surface area contributed by atoms with Gasteiger partial charge in [-0.25, -0.2) is 0 Å². The molecular formula is C16H21N5OS. The molecule has 0 aliphatic carbocycles. The van der Waals surface area contributed by atoms with E-state index in [4.69, 9.17) is 9.84 Å². The van der Waals surface area contributed by atoms with E-state index in [2.05, 4.69) is 28.9 Å². The number of fused-ring (bicyclic) bond motifs is 1. The van der Waals surface area contributed by atoms with Crippen molar-refractivity contribution in [2.45, 2.75) is 27.3 Å². The van der Waals surface area contributed by atoms with Crippen LogP contribution in [0.15, 0.2) is 24.3 Å². The predicted molar refractivity (Wildman–Crippen MR) is 91.9 cm³/mol. The first-order chi connectivity index (χ1) is 11.2. The van der Waals surface area contributed by atoms with Crippen LogP contribution in [0.3, 0.4) is 0 Å². The summed E-state index contributed by atoms with van der Waals surface area (Å²) in [5.41, 5.74) is 1.04. The Labute approximate surface area is 139 Å². The highest BCUT2D eigenvalue weighted by atomic mass is 32.1. The molecule has 3 aromatic rings. The van der Waals surface area contributed by atoms with Crippen LogP contribution in [0, 0.1) is 0 Å². The van der Waals surface area contributed by atoms with Crippen molar-refractivity contribution in [2.75, 3.05) is 19.7 Å². The van der Waals surface area contributed by atoms with Crippen molar-refractivity contribution in [1.29, 1.82) is 0 Å². The second kappa shape index (κ2) is 7.06. The second-order valence-corrected chi connectivity index (χ2v) is 6.10. The first-order valence-electron chi connectivity index (χ1n) is 7.91. The maximum atomic E-state index is 5.56. The molecule has 6 nitrogen and oxygen atoms in total. The Morgan fingerprint density at radius 3 is 2.74 bits per heavy atom. The smallest absolute Gasteiger partial charge is 0.235 e. The van der Waals surface area contributed by atoms with Gasteiger partial charge < -0.3 is 4.74 Å². The molecule has 0 spiro atoms. The minimum absolute atomic E-state index is 0.655. The molecule has 2 heterocycles. The number of benzene rings is 1. The van der Waals surface area contributed by atoms with E-state index in [-0.39, 0.29) is 0 Å². The lowest BCUT2D eigenvalue weighted by Gasteiger charge is -2.15. The average molecular weight is 331 g/mol. The molecule has 3 rings (SSSR count). The normalized spacial score (nSPS) is 11.5. The Hall–Kier alpha value is -1.99. The summed E-state index contributed by atoms with van der Waals surface area (Å²) in [7, 11) is 0. The van der Waals surface area contributed by atoms with E-state index >= 15 is 0 Å². The molecule has 0 saturated heterocycles. The van der Waals surface area contributed by atoms with Gasteiger partial charge in [0.05, 0.1) is 13.2 Å². The Morgan fingerprint density at radius 1 is 1.17 bits per heavy atom. The first-order valence-corrected chi connectivity index (χ1v) is 8.73. The first kappa shape index (κ1) is 15.9. The number of rotatable bonds is 7. The molecule has 0 unspecified atom stereocenters. The largest absolute Gasteiger partial charge is 0.494 e. The molecule has 2 aromatic heterocycles. The van der Waals surface area contributed by atoms with E-state index in [1.54, 1.807) is 11.3 Å². The molecule has 0 radical (unpaired) electrons. The van der Waals surface area contributed by atoms with Gasteiger partial charge in [-0.05, 0) is 32.1 Å². The average Bonchev–Trinajstić information content (AvgIpc) is 3.14. The third kappa shape index (κ3) is 3.35. The maximum absolute atomic E-state index is 5.56. The Balaban J connectivity index is 1.91. The van der Waals surface area contributed by atoms with Gasteiger partial charge in [-0.15, -0.1) is 10.2 Å². The van der Waals surface area contributed by atoms with Crippen molar-refractivity contribution in [3.63, 3.8) is 0 Å². The number of aromatic nitrogens is 4. The van der Waals surface area contributed by atoms with Gasteiger partial charge in [0.25, 0.3) is 0 Å². The van der Waals surface area contributed by atoms with E-state index < -0.39 is 0 Å². The van der Waals surface area contributed by atoms with Crippen LogP contribution in [0.5, 0.6) is 5.75 Å². The molecule has 1 aromatic carbocycles. The summed E-state index contributed by atoms with van der Waals surface area (Å²) in [4.78, 5) is 3.12. The van der Waals surface area contributed by atoms with Crippen LogP contribution < -0.4 is 4.74 Å². The van der Waals surface area contributed by atoms with Crippen molar-refractivity contribution < 1.29 is 4.74 Å². The summed E-state index contributed by atoms with van der Waals surface area (Å²) in [6.07, 6.45) is 0. The Morgan fingerprint density at radius 2 is 2.00 bits per heavy atom. The van der Waals surface area contributed by atoms with Gasteiger partial charge in [0.1, 0.15) is 10.8 Å². The molecule has 122 valence electrons. The predicted octanol–water partition coefficient (Wildman–Crippen LogP) is 3.09. The number of nitrogens with zero attached hydrogens (tertiary/aromatic N) is 5. The zero-order valence-electron chi connectivity index (χ0n) is 13.7. The van der Waals surface area contributed by atoms with Crippen LogP contribution in [0.2, 0.25) is 0 Å². The number of hydrogen-bond donors (Lipinski definition) is 0. The van der Waals surface area contributed by atoms with Crippen molar-refractivity contribution in [3.8, 4) is 16.3 Å². The molecule has 0 atom stereocenters. The molecule has 23 heavy (non-hydrogen) atoms. The summed E-state index contributed by atoms with van der Waals surface area (Å²) >= 11 is 1.54. The molecule has 0 aliphatic rings. The molecule has 7 heteroatoms. The molecule has 0 bridgehead atoms. The summed E-state index contributed by atoms with van der Waals surface area (Å²) in [5.74, 6) is 1.74. The summed E-state index contributed by atoms with van der Waals surface area (Å²) in [6.45, 7) is 9.66. The monoisotopic (exact) mass is 331 g/mol. The zero-order chi connectivity index (χ0) is 16.2. The molecule has 0 amide bonds. The van der Waals surface area contributed by atoms with Crippen molar-refractivity contribution in [1.82, 2.24) is 24.7 Å². The summed E-state index contributed by atoms with van der Waals surface area (Å²) in [5, 5.41) is 14.1. The minimum atomic E-state index is 0.655. The Bertz CT molecular complexity index is 778. The standard InChI is InChI=1S/C16H21N5OS/c1-4-20(5-2)11-14-17-18-16-21(14)19-15(23-16)12-8-7-9-13(10-12)22-6-3/h7-10H,4-6,11H2,1-3H3. The van der Waals surface area contributed by atoms with Crippen molar-refractivity contribution >= 4 is 16.3 Å². The highest BCUT2D eigenvalue weighted by Gasteiger charge is 2.15. The van der Waals surface area contributed by atoms with Crippen LogP contribution in [-0.2, 0) is 6.54 Å². The minimum Gasteiger partial charge on any atom is -0.494 e. The van der Waals surface area contributed by atoms with Crippen molar-refractivity contribution in [3.05, 3.63) is 30.1 Å². The molecule has 0 saturated carbocycles. The maximum Gasteiger partial charge on any atom is 0.235 e. The third-order valence-corrected chi connectivity index (χ3v) is 4.65. The number of hydrogen-bond acceptors (Lipinski definition) is 6. The van der Waals surface area contributed by atoms with Gasteiger partial charge in [0.2, 0.25) is 4.96 Å². The molecule has 0 aliphatic heterocycles. The van der Waals surface area contributed by atoms with E-state index in [0.29, 0.717) is 6.61 Å². The van der Waals surface area contributed by atoms with E-state index in [0.717, 1.165) is 46.7 Å². The second-order valence-electron chi connectivity index (χ2n) is 5.14. The topological polar surface area (TPSA) is 55.6 Å².